The molecule has 0 bridgehead atoms. The molecule has 2 nitrogen and oxygen atoms in total. The largest absolute Gasteiger partial charge is 0.456 e. The molecular formula is C11H11ClO2. The fourth-order valence-corrected chi connectivity index (χ4v) is 2.18. The highest BCUT2D eigenvalue weighted by molar-refractivity contribution is 6.21. The van der Waals surface area contributed by atoms with E-state index < -0.39 is 0 Å². The number of carbonyl (C=O) groups excluding carboxylic acids is 1. The van der Waals surface area contributed by atoms with Crippen molar-refractivity contribution in [3.05, 3.63) is 35.4 Å². The molecule has 1 aliphatic rings. The van der Waals surface area contributed by atoms with Crippen LogP contribution in [-0.4, -0.2) is 11.3 Å². The number of halogens is 1. The lowest BCUT2D eigenvalue weighted by Gasteiger charge is -2.14. The fraction of sp³-hybridized carbons (Fsp3) is 0.364. The number of ether oxygens (including phenoxy) is 1. The Bertz CT molecular complexity index is 362. The van der Waals surface area contributed by atoms with Gasteiger partial charge in [-0.2, -0.15) is 0 Å². The zero-order valence-corrected chi connectivity index (χ0v) is 8.62. The molecule has 0 unspecified atom stereocenters. The molecule has 2 atom stereocenters. The van der Waals surface area contributed by atoms with Crippen molar-refractivity contribution in [1.29, 1.82) is 0 Å². The van der Waals surface area contributed by atoms with Crippen molar-refractivity contribution in [1.82, 2.24) is 0 Å². The lowest BCUT2D eigenvalue weighted by Crippen LogP contribution is -2.13. The summed E-state index contributed by atoms with van der Waals surface area (Å²) in [6.45, 7) is 1.41. The first-order valence-corrected chi connectivity index (χ1v) is 5.01. The molecule has 0 spiro atoms. The van der Waals surface area contributed by atoms with Crippen LogP contribution in [0.4, 0.5) is 0 Å². The monoisotopic (exact) mass is 210 g/mol. The van der Waals surface area contributed by atoms with Gasteiger partial charge in [-0.1, -0.05) is 24.3 Å². The van der Waals surface area contributed by atoms with Crippen LogP contribution >= 0.6 is 11.6 Å². The van der Waals surface area contributed by atoms with E-state index in [2.05, 4.69) is 0 Å². The fourth-order valence-electron chi connectivity index (χ4n) is 1.83. The van der Waals surface area contributed by atoms with Gasteiger partial charge in [0.15, 0.2) is 0 Å². The Kier molecular flexibility index (Phi) is 2.46. The lowest BCUT2D eigenvalue weighted by molar-refractivity contribution is -0.146. The van der Waals surface area contributed by atoms with E-state index in [0.29, 0.717) is 0 Å². The maximum Gasteiger partial charge on any atom is 0.303 e. The SMILES string of the molecule is CC(=O)O[C@@H]1c2ccccc2C[C@H]1Cl. The normalized spacial score (nSPS) is 24.4. The number of carbonyl (C=O) groups is 1. The second-order valence-electron chi connectivity index (χ2n) is 3.45. The van der Waals surface area contributed by atoms with Crippen molar-refractivity contribution in [2.45, 2.75) is 24.8 Å². The van der Waals surface area contributed by atoms with E-state index in [1.54, 1.807) is 0 Å². The summed E-state index contributed by atoms with van der Waals surface area (Å²) < 4.78 is 5.18. The van der Waals surface area contributed by atoms with E-state index in [-0.39, 0.29) is 17.5 Å². The third kappa shape index (κ3) is 1.62. The summed E-state index contributed by atoms with van der Waals surface area (Å²) in [7, 11) is 0. The van der Waals surface area contributed by atoms with Gasteiger partial charge in [0.25, 0.3) is 0 Å². The van der Waals surface area contributed by atoms with E-state index >= 15 is 0 Å². The Morgan fingerprint density at radius 1 is 1.50 bits per heavy atom. The average Bonchev–Trinajstić information content (AvgIpc) is 2.43. The number of benzene rings is 1. The Labute approximate surface area is 87.8 Å². The van der Waals surface area contributed by atoms with Crippen molar-refractivity contribution in [3.8, 4) is 0 Å². The van der Waals surface area contributed by atoms with Crippen molar-refractivity contribution >= 4 is 17.6 Å². The molecule has 0 saturated heterocycles. The first-order chi connectivity index (χ1) is 6.68. The third-order valence-electron chi connectivity index (χ3n) is 2.40. The van der Waals surface area contributed by atoms with Gasteiger partial charge in [0.2, 0.25) is 0 Å². The Morgan fingerprint density at radius 3 is 2.93 bits per heavy atom. The first-order valence-electron chi connectivity index (χ1n) is 4.57. The molecule has 0 aliphatic heterocycles. The predicted octanol–water partition coefficient (Wildman–Crippen LogP) is 2.45. The van der Waals surface area contributed by atoms with Crippen LogP contribution < -0.4 is 0 Å². The van der Waals surface area contributed by atoms with Crippen molar-refractivity contribution in [2.24, 2.45) is 0 Å². The van der Waals surface area contributed by atoms with Gasteiger partial charge in [-0.15, -0.1) is 11.6 Å². The summed E-state index contributed by atoms with van der Waals surface area (Å²) >= 11 is 6.11. The Hall–Kier alpha value is -1.02. The number of hydrogen-bond donors (Lipinski definition) is 0. The molecular weight excluding hydrogens is 200 g/mol. The number of alkyl halides is 1. The molecule has 0 saturated carbocycles. The molecule has 1 aromatic carbocycles. The van der Waals surface area contributed by atoms with Crippen LogP contribution in [0.2, 0.25) is 0 Å². The number of fused-ring (bicyclic) bond motifs is 1. The van der Waals surface area contributed by atoms with E-state index in [1.165, 1.54) is 12.5 Å². The summed E-state index contributed by atoms with van der Waals surface area (Å²) in [4.78, 5) is 10.9. The molecule has 1 aromatic rings. The highest BCUT2D eigenvalue weighted by atomic mass is 35.5. The Balaban J connectivity index is 2.30. The van der Waals surface area contributed by atoms with Gasteiger partial charge in [-0.3, -0.25) is 4.79 Å². The summed E-state index contributed by atoms with van der Waals surface area (Å²) in [5, 5.41) is -0.128. The van der Waals surface area contributed by atoms with Crippen LogP contribution in [0.5, 0.6) is 0 Å². The van der Waals surface area contributed by atoms with Gasteiger partial charge in [0, 0.05) is 6.92 Å². The average molecular weight is 211 g/mol. The summed E-state index contributed by atoms with van der Waals surface area (Å²) in [6.07, 6.45) is 0.501. The van der Waals surface area contributed by atoms with Gasteiger partial charge in [0.1, 0.15) is 6.10 Å². The molecule has 3 heteroatoms. The minimum absolute atomic E-state index is 0.128. The van der Waals surface area contributed by atoms with Gasteiger partial charge in [-0.05, 0) is 17.5 Å². The molecule has 1 aliphatic carbocycles. The smallest absolute Gasteiger partial charge is 0.303 e. The minimum Gasteiger partial charge on any atom is -0.456 e. The minimum atomic E-state index is -0.280. The molecule has 14 heavy (non-hydrogen) atoms. The summed E-state index contributed by atoms with van der Waals surface area (Å²) in [6, 6.07) is 7.89. The van der Waals surface area contributed by atoms with E-state index in [1.807, 2.05) is 24.3 Å². The maximum absolute atomic E-state index is 10.9. The highest BCUT2D eigenvalue weighted by Gasteiger charge is 2.32. The zero-order chi connectivity index (χ0) is 10.1. The zero-order valence-electron chi connectivity index (χ0n) is 7.87. The summed E-state index contributed by atoms with van der Waals surface area (Å²) in [5.41, 5.74) is 2.22. The molecule has 74 valence electrons. The standard InChI is InChI=1S/C11H11ClO2/c1-7(13)14-11-9-5-3-2-4-8(9)6-10(11)12/h2-5,10-11H,6H2,1H3/t10-,11-/m1/s1. The van der Waals surface area contributed by atoms with Crippen LogP contribution in [0.15, 0.2) is 24.3 Å². The van der Waals surface area contributed by atoms with Crippen molar-refractivity contribution < 1.29 is 9.53 Å². The van der Waals surface area contributed by atoms with Gasteiger partial charge >= 0.3 is 5.97 Å². The highest BCUT2D eigenvalue weighted by Crippen LogP contribution is 2.37. The first kappa shape index (κ1) is 9.53. The van der Waals surface area contributed by atoms with E-state index in [9.17, 15) is 4.79 Å². The number of hydrogen-bond acceptors (Lipinski definition) is 2. The summed E-state index contributed by atoms with van der Waals surface area (Å²) in [5.74, 6) is -0.280. The van der Waals surface area contributed by atoms with E-state index in [0.717, 1.165) is 12.0 Å². The second kappa shape index (κ2) is 3.62. The van der Waals surface area contributed by atoms with Gasteiger partial charge < -0.3 is 4.74 Å². The number of rotatable bonds is 1. The van der Waals surface area contributed by atoms with Crippen molar-refractivity contribution in [2.75, 3.05) is 0 Å². The molecule has 0 aromatic heterocycles. The second-order valence-corrected chi connectivity index (χ2v) is 4.01. The Morgan fingerprint density at radius 2 is 2.21 bits per heavy atom. The van der Waals surface area contributed by atoms with Crippen LogP contribution in [-0.2, 0) is 16.0 Å². The van der Waals surface area contributed by atoms with Crippen LogP contribution in [0.25, 0.3) is 0 Å². The van der Waals surface area contributed by atoms with Crippen LogP contribution in [0.1, 0.15) is 24.2 Å². The maximum atomic E-state index is 10.9. The van der Waals surface area contributed by atoms with Crippen LogP contribution in [0, 0.1) is 0 Å². The topological polar surface area (TPSA) is 26.3 Å². The molecule has 0 fully saturated rings. The third-order valence-corrected chi connectivity index (χ3v) is 2.78. The van der Waals surface area contributed by atoms with E-state index in [4.69, 9.17) is 16.3 Å². The quantitative estimate of drug-likeness (QED) is 0.526. The van der Waals surface area contributed by atoms with Crippen molar-refractivity contribution in [3.63, 3.8) is 0 Å². The van der Waals surface area contributed by atoms with Gasteiger partial charge in [0.05, 0.1) is 5.38 Å². The van der Waals surface area contributed by atoms with Gasteiger partial charge in [-0.25, -0.2) is 0 Å². The lowest BCUT2D eigenvalue weighted by atomic mass is 10.1. The predicted molar refractivity (Wildman–Crippen MR) is 54.3 cm³/mol. The molecule has 0 amide bonds. The molecule has 0 heterocycles. The molecule has 0 radical (unpaired) electrons. The molecule has 0 N–H and O–H groups in total. The van der Waals surface area contributed by atoms with Crippen LogP contribution in [0.3, 0.4) is 0 Å². The molecule has 2 rings (SSSR count). The number of esters is 1.